The van der Waals surface area contributed by atoms with E-state index in [9.17, 15) is 14.4 Å². The van der Waals surface area contributed by atoms with Gasteiger partial charge in [-0.2, -0.15) is 5.10 Å². The summed E-state index contributed by atoms with van der Waals surface area (Å²) in [5, 5.41) is 22.6. The van der Waals surface area contributed by atoms with Gasteiger partial charge in [-0.05, 0) is 12.5 Å². The summed E-state index contributed by atoms with van der Waals surface area (Å²) in [5.41, 5.74) is -0.221. The zero-order chi connectivity index (χ0) is 17.2. The van der Waals surface area contributed by atoms with Crippen molar-refractivity contribution in [1.82, 2.24) is 5.01 Å². The van der Waals surface area contributed by atoms with Gasteiger partial charge < -0.3 is 14.9 Å². The summed E-state index contributed by atoms with van der Waals surface area (Å²) in [7, 11) is 0. The number of nitrogens with zero attached hydrogens (tertiary/aromatic N) is 2. The zero-order valence-electron chi connectivity index (χ0n) is 12.4. The first kappa shape index (κ1) is 17.9. The minimum absolute atomic E-state index is 0.142. The van der Waals surface area contributed by atoms with Gasteiger partial charge in [-0.15, -0.1) is 0 Å². The van der Waals surface area contributed by atoms with E-state index in [1.54, 1.807) is 37.3 Å². The molecule has 0 radical (unpaired) electrons. The second kappa shape index (κ2) is 8.98. The van der Waals surface area contributed by atoms with Crippen LogP contribution in [0, 0.1) is 0 Å². The van der Waals surface area contributed by atoms with Crippen LogP contribution in [0.15, 0.2) is 47.2 Å². The van der Waals surface area contributed by atoms with Gasteiger partial charge in [0.2, 0.25) is 0 Å². The third kappa shape index (κ3) is 6.42. The Bertz CT molecular complexity index is 608. The van der Waals surface area contributed by atoms with Gasteiger partial charge in [0.15, 0.2) is 5.57 Å². The van der Waals surface area contributed by atoms with Crippen LogP contribution in [-0.2, 0) is 19.1 Å². The van der Waals surface area contributed by atoms with Crippen molar-refractivity contribution in [2.24, 2.45) is 5.10 Å². The molecule has 0 fully saturated rings. The predicted molar refractivity (Wildman–Crippen MR) is 80.7 cm³/mol. The van der Waals surface area contributed by atoms with E-state index in [1.165, 1.54) is 6.21 Å². The molecule has 2 N–H and O–H groups in total. The molecule has 1 rings (SSSR count). The summed E-state index contributed by atoms with van der Waals surface area (Å²) >= 11 is 0. The third-order valence-electron chi connectivity index (χ3n) is 2.49. The standard InChI is InChI=1S/C15H16N2O6/c1-2-23-13(18)10-17(9-12(14(19)20)15(21)22)16-8-11-6-4-3-5-7-11/h3-9H,2,10H2,1H3,(H,19,20)(H,21,22)/b16-8+. The van der Waals surface area contributed by atoms with E-state index in [1.807, 2.05) is 0 Å². The van der Waals surface area contributed by atoms with Crippen molar-refractivity contribution in [3.8, 4) is 0 Å². The van der Waals surface area contributed by atoms with E-state index in [0.29, 0.717) is 5.56 Å². The molecule has 0 saturated carbocycles. The Morgan fingerprint density at radius 1 is 1.17 bits per heavy atom. The molecule has 0 unspecified atom stereocenters. The molecule has 0 amide bonds. The SMILES string of the molecule is CCOC(=O)CN(C=C(C(=O)O)C(=O)O)/N=C/c1ccccc1. The van der Waals surface area contributed by atoms with E-state index >= 15 is 0 Å². The van der Waals surface area contributed by atoms with Gasteiger partial charge >= 0.3 is 17.9 Å². The van der Waals surface area contributed by atoms with Crippen LogP contribution in [0.25, 0.3) is 0 Å². The van der Waals surface area contributed by atoms with Crippen molar-refractivity contribution in [1.29, 1.82) is 0 Å². The number of hydrazone groups is 1. The molecule has 0 spiro atoms. The predicted octanol–water partition coefficient (Wildman–Crippen LogP) is 0.939. The van der Waals surface area contributed by atoms with Crippen LogP contribution in [-0.4, -0.2) is 52.5 Å². The van der Waals surface area contributed by atoms with Gasteiger partial charge in [0.1, 0.15) is 6.54 Å². The van der Waals surface area contributed by atoms with Crippen molar-refractivity contribution in [3.05, 3.63) is 47.7 Å². The molecule has 0 atom stereocenters. The van der Waals surface area contributed by atoms with Crippen LogP contribution in [0.3, 0.4) is 0 Å². The minimum atomic E-state index is -1.64. The molecule has 0 aliphatic heterocycles. The van der Waals surface area contributed by atoms with Crippen molar-refractivity contribution in [2.45, 2.75) is 6.92 Å². The summed E-state index contributed by atoms with van der Waals surface area (Å²) in [6, 6.07) is 8.83. The van der Waals surface area contributed by atoms with Crippen LogP contribution < -0.4 is 0 Å². The largest absolute Gasteiger partial charge is 0.477 e. The molecule has 8 heteroatoms. The van der Waals surface area contributed by atoms with Gasteiger partial charge in [-0.1, -0.05) is 30.3 Å². The second-order valence-electron chi connectivity index (χ2n) is 4.21. The Balaban J connectivity index is 3.03. The number of esters is 1. The lowest BCUT2D eigenvalue weighted by molar-refractivity contribution is -0.145. The summed E-state index contributed by atoms with van der Waals surface area (Å²) in [4.78, 5) is 33.4. The fraction of sp³-hybridized carbons (Fsp3) is 0.200. The monoisotopic (exact) mass is 320 g/mol. The Morgan fingerprint density at radius 2 is 1.78 bits per heavy atom. The molecule has 0 heterocycles. The van der Waals surface area contributed by atoms with Gasteiger partial charge in [-0.25, -0.2) is 9.59 Å². The smallest absolute Gasteiger partial charge is 0.344 e. The maximum atomic E-state index is 11.5. The minimum Gasteiger partial charge on any atom is -0.477 e. The Kier molecular flexibility index (Phi) is 6.99. The highest BCUT2D eigenvalue weighted by Gasteiger charge is 2.19. The lowest BCUT2D eigenvalue weighted by Gasteiger charge is -2.13. The summed E-state index contributed by atoms with van der Waals surface area (Å²) in [5.74, 6) is -3.94. The highest BCUT2D eigenvalue weighted by Crippen LogP contribution is 2.03. The Hall–Kier alpha value is -3.16. The van der Waals surface area contributed by atoms with Crippen LogP contribution in [0.2, 0.25) is 0 Å². The maximum Gasteiger partial charge on any atom is 0.344 e. The second-order valence-corrected chi connectivity index (χ2v) is 4.21. The van der Waals surface area contributed by atoms with Gasteiger partial charge in [-0.3, -0.25) is 9.80 Å². The lowest BCUT2D eigenvalue weighted by atomic mass is 10.2. The van der Waals surface area contributed by atoms with Gasteiger partial charge in [0.25, 0.3) is 0 Å². The Morgan fingerprint density at radius 3 is 2.30 bits per heavy atom. The first-order valence-corrected chi connectivity index (χ1v) is 6.63. The van der Waals surface area contributed by atoms with E-state index in [0.717, 1.165) is 11.2 Å². The number of carbonyl (C=O) groups is 3. The van der Waals surface area contributed by atoms with Crippen molar-refractivity contribution >= 4 is 24.1 Å². The number of rotatable bonds is 8. The number of carbonyl (C=O) groups excluding carboxylic acids is 1. The average Bonchev–Trinajstić information content (AvgIpc) is 2.50. The number of hydrogen-bond acceptors (Lipinski definition) is 6. The molecule has 0 saturated heterocycles. The number of hydrogen-bond donors (Lipinski definition) is 2. The molecule has 0 bridgehead atoms. The molecular weight excluding hydrogens is 304 g/mol. The lowest BCUT2D eigenvalue weighted by Crippen LogP contribution is -2.25. The van der Waals surface area contributed by atoms with Gasteiger partial charge in [0.05, 0.1) is 12.8 Å². The molecule has 0 aromatic heterocycles. The maximum absolute atomic E-state index is 11.5. The summed E-state index contributed by atoms with van der Waals surface area (Å²) in [6.45, 7) is 1.34. The topological polar surface area (TPSA) is 116 Å². The molecule has 0 aliphatic rings. The van der Waals surface area contributed by atoms with Crippen molar-refractivity contribution in [3.63, 3.8) is 0 Å². The number of carboxylic acid groups (broad SMARTS) is 2. The number of benzene rings is 1. The van der Waals surface area contributed by atoms with Gasteiger partial charge in [0, 0.05) is 6.20 Å². The normalized spacial score (nSPS) is 10.1. The first-order chi connectivity index (χ1) is 10.9. The number of aliphatic carboxylic acids is 2. The van der Waals surface area contributed by atoms with E-state index < -0.39 is 30.0 Å². The fourth-order valence-corrected chi connectivity index (χ4v) is 1.49. The molecule has 23 heavy (non-hydrogen) atoms. The molecule has 1 aromatic carbocycles. The average molecular weight is 320 g/mol. The van der Waals surface area contributed by atoms with E-state index in [2.05, 4.69) is 5.10 Å². The molecular formula is C15H16N2O6. The van der Waals surface area contributed by atoms with Crippen molar-refractivity contribution < 1.29 is 29.3 Å². The van der Waals surface area contributed by atoms with Crippen LogP contribution in [0.4, 0.5) is 0 Å². The number of ether oxygens (including phenoxy) is 1. The quantitative estimate of drug-likeness (QED) is 0.183. The number of carboxylic acids is 2. The fourth-order valence-electron chi connectivity index (χ4n) is 1.49. The zero-order valence-corrected chi connectivity index (χ0v) is 12.4. The van der Waals surface area contributed by atoms with Crippen molar-refractivity contribution in [2.75, 3.05) is 13.2 Å². The summed E-state index contributed by atoms with van der Waals surface area (Å²) < 4.78 is 4.75. The molecule has 0 aliphatic carbocycles. The molecule has 8 nitrogen and oxygen atoms in total. The highest BCUT2D eigenvalue weighted by atomic mass is 16.5. The van der Waals surface area contributed by atoms with E-state index in [4.69, 9.17) is 14.9 Å². The third-order valence-corrected chi connectivity index (χ3v) is 2.49. The van der Waals surface area contributed by atoms with Crippen LogP contribution in [0.1, 0.15) is 12.5 Å². The molecule has 122 valence electrons. The molecule has 1 aromatic rings. The van der Waals surface area contributed by atoms with Crippen LogP contribution >= 0.6 is 0 Å². The highest BCUT2D eigenvalue weighted by molar-refractivity contribution is 6.12. The first-order valence-electron chi connectivity index (χ1n) is 6.63. The Labute approximate surface area is 132 Å². The summed E-state index contributed by atoms with van der Waals surface area (Å²) in [6.07, 6.45) is 2.14. The van der Waals surface area contributed by atoms with E-state index in [-0.39, 0.29) is 6.61 Å². The van der Waals surface area contributed by atoms with Crippen LogP contribution in [0.5, 0.6) is 0 Å².